The fourth-order valence-electron chi connectivity index (χ4n) is 1.12. The molecule has 68 valence electrons. The van der Waals surface area contributed by atoms with Crippen molar-refractivity contribution in [1.29, 1.82) is 0 Å². The second kappa shape index (κ2) is 3.85. The van der Waals surface area contributed by atoms with Crippen molar-refractivity contribution in [2.24, 2.45) is 5.16 Å². The Hall–Kier alpha value is -1.64. The molecule has 1 rings (SSSR count). The zero-order valence-corrected chi connectivity index (χ0v) is 7.61. The van der Waals surface area contributed by atoms with Crippen molar-refractivity contribution in [3.05, 3.63) is 34.9 Å². The molecule has 1 N–H and O–H groups in total. The summed E-state index contributed by atoms with van der Waals surface area (Å²) in [6.07, 6.45) is 0.905. The van der Waals surface area contributed by atoms with Crippen LogP contribution in [0.2, 0.25) is 0 Å². The number of carbonyl (C=O) groups excluding carboxylic acids is 1. The van der Waals surface area contributed by atoms with Crippen LogP contribution in [0.1, 0.15) is 21.5 Å². The lowest BCUT2D eigenvalue weighted by Crippen LogP contribution is -2.03. The quantitative estimate of drug-likeness (QED) is 0.325. The Labute approximate surface area is 76.7 Å². The van der Waals surface area contributed by atoms with Gasteiger partial charge in [-0.1, -0.05) is 22.9 Å². The SMILES string of the molecule is Cc1ccc(C)c(C(=O)/C=N/O)c1. The van der Waals surface area contributed by atoms with Gasteiger partial charge in [-0.25, -0.2) is 0 Å². The second-order valence-electron chi connectivity index (χ2n) is 2.93. The predicted molar refractivity (Wildman–Crippen MR) is 50.5 cm³/mol. The highest BCUT2D eigenvalue weighted by molar-refractivity contribution is 6.35. The molecule has 0 fully saturated rings. The van der Waals surface area contributed by atoms with Crippen molar-refractivity contribution in [3.8, 4) is 0 Å². The van der Waals surface area contributed by atoms with Crippen LogP contribution in [-0.4, -0.2) is 17.2 Å². The minimum atomic E-state index is -0.274. The average Bonchev–Trinajstić information content (AvgIpc) is 2.09. The maximum absolute atomic E-state index is 11.3. The van der Waals surface area contributed by atoms with E-state index in [-0.39, 0.29) is 5.78 Å². The fraction of sp³-hybridized carbons (Fsp3) is 0.200. The van der Waals surface area contributed by atoms with Crippen LogP contribution in [-0.2, 0) is 0 Å². The van der Waals surface area contributed by atoms with Crippen LogP contribution in [0.4, 0.5) is 0 Å². The first-order chi connectivity index (χ1) is 6.15. The molecule has 0 saturated carbocycles. The van der Waals surface area contributed by atoms with Crippen LogP contribution >= 0.6 is 0 Å². The van der Waals surface area contributed by atoms with Gasteiger partial charge in [0, 0.05) is 5.56 Å². The van der Waals surface area contributed by atoms with Crippen molar-refractivity contribution < 1.29 is 10.0 Å². The standard InChI is InChI=1S/C10H11NO2/c1-7-3-4-8(2)9(5-7)10(12)6-11-13/h3-6,13H,1-2H3/b11-6+. The van der Waals surface area contributed by atoms with Crippen LogP contribution in [0.25, 0.3) is 0 Å². The molecule has 3 nitrogen and oxygen atoms in total. The number of aryl methyl sites for hydroxylation is 2. The molecule has 0 aromatic heterocycles. The third-order valence-corrected chi connectivity index (χ3v) is 1.83. The van der Waals surface area contributed by atoms with Crippen LogP contribution in [0.15, 0.2) is 23.4 Å². The Morgan fingerprint density at radius 1 is 1.46 bits per heavy atom. The zero-order valence-electron chi connectivity index (χ0n) is 7.61. The second-order valence-corrected chi connectivity index (χ2v) is 2.93. The van der Waals surface area contributed by atoms with Gasteiger partial charge in [-0.2, -0.15) is 0 Å². The highest BCUT2D eigenvalue weighted by Gasteiger charge is 2.06. The third-order valence-electron chi connectivity index (χ3n) is 1.83. The van der Waals surface area contributed by atoms with Crippen LogP contribution in [0.5, 0.6) is 0 Å². The van der Waals surface area contributed by atoms with Gasteiger partial charge in [0.15, 0.2) is 0 Å². The molecule has 1 aromatic carbocycles. The Kier molecular flexibility index (Phi) is 2.80. The van der Waals surface area contributed by atoms with Crippen molar-refractivity contribution >= 4 is 12.0 Å². The molecule has 0 radical (unpaired) electrons. The van der Waals surface area contributed by atoms with Gasteiger partial charge in [-0.05, 0) is 25.5 Å². The van der Waals surface area contributed by atoms with E-state index in [2.05, 4.69) is 5.16 Å². The molecular weight excluding hydrogens is 166 g/mol. The van der Waals surface area contributed by atoms with Gasteiger partial charge < -0.3 is 5.21 Å². The molecule has 0 aliphatic rings. The van der Waals surface area contributed by atoms with Crippen LogP contribution in [0.3, 0.4) is 0 Å². The van der Waals surface area contributed by atoms with Gasteiger partial charge in [0.05, 0.1) is 0 Å². The summed E-state index contributed by atoms with van der Waals surface area (Å²) in [5.74, 6) is -0.274. The summed E-state index contributed by atoms with van der Waals surface area (Å²) in [7, 11) is 0. The summed E-state index contributed by atoms with van der Waals surface area (Å²) < 4.78 is 0. The van der Waals surface area contributed by atoms with Gasteiger partial charge in [0.1, 0.15) is 6.21 Å². The summed E-state index contributed by atoms with van der Waals surface area (Å²) in [6.45, 7) is 3.75. The fourth-order valence-corrected chi connectivity index (χ4v) is 1.12. The summed E-state index contributed by atoms with van der Waals surface area (Å²) in [6, 6.07) is 5.58. The smallest absolute Gasteiger partial charge is 0.207 e. The minimum Gasteiger partial charge on any atom is -0.411 e. The predicted octanol–water partition coefficient (Wildman–Crippen LogP) is 1.95. The van der Waals surface area contributed by atoms with E-state index >= 15 is 0 Å². The van der Waals surface area contributed by atoms with Gasteiger partial charge in [0.2, 0.25) is 5.78 Å². The highest BCUT2D eigenvalue weighted by Crippen LogP contribution is 2.10. The zero-order chi connectivity index (χ0) is 9.84. The number of Topliss-reactive ketones (excluding diaryl/α,β-unsaturated/α-hetero) is 1. The number of carbonyl (C=O) groups is 1. The first-order valence-corrected chi connectivity index (χ1v) is 3.94. The summed E-state index contributed by atoms with van der Waals surface area (Å²) in [5, 5.41) is 10.9. The molecule has 13 heavy (non-hydrogen) atoms. The number of benzene rings is 1. The van der Waals surface area contributed by atoms with E-state index in [4.69, 9.17) is 5.21 Å². The number of oxime groups is 1. The number of hydrogen-bond acceptors (Lipinski definition) is 3. The van der Waals surface area contributed by atoms with Crippen molar-refractivity contribution in [3.63, 3.8) is 0 Å². The van der Waals surface area contributed by atoms with E-state index in [0.29, 0.717) is 5.56 Å². The average molecular weight is 177 g/mol. The molecule has 0 heterocycles. The van der Waals surface area contributed by atoms with Gasteiger partial charge >= 0.3 is 0 Å². The Balaban J connectivity index is 3.13. The van der Waals surface area contributed by atoms with E-state index in [1.165, 1.54) is 0 Å². The number of hydrogen-bond donors (Lipinski definition) is 1. The topological polar surface area (TPSA) is 49.7 Å². The lowest BCUT2D eigenvalue weighted by atomic mass is 10.0. The molecule has 0 spiro atoms. The molecule has 0 amide bonds. The molecule has 0 unspecified atom stereocenters. The van der Waals surface area contributed by atoms with Crippen molar-refractivity contribution in [2.45, 2.75) is 13.8 Å². The maximum atomic E-state index is 11.3. The first-order valence-electron chi connectivity index (χ1n) is 3.94. The number of ketones is 1. The lowest BCUT2D eigenvalue weighted by molar-refractivity contribution is 0.106. The Bertz CT molecular complexity index is 356. The van der Waals surface area contributed by atoms with Crippen LogP contribution in [0, 0.1) is 13.8 Å². The molecule has 0 atom stereocenters. The van der Waals surface area contributed by atoms with Crippen LogP contribution < -0.4 is 0 Å². The number of nitrogens with zero attached hydrogens (tertiary/aromatic N) is 1. The Morgan fingerprint density at radius 3 is 2.77 bits per heavy atom. The Morgan fingerprint density at radius 2 is 2.15 bits per heavy atom. The maximum Gasteiger partial charge on any atom is 0.207 e. The van der Waals surface area contributed by atoms with E-state index in [1.807, 2.05) is 26.0 Å². The summed E-state index contributed by atoms with van der Waals surface area (Å²) in [5.41, 5.74) is 2.48. The normalized spacial score (nSPS) is 10.6. The lowest BCUT2D eigenvalue weighted by Gasteiger charge is -2.01. The van der Waals surface area contributed by atoms with Crippen molar-refractivity contribution in [2.75, 3.05) is 0 Å². The van der Waals surface area contributed by atoms with Crippen molar-refractivity contribution in [1.82, 2.24) is 0 Å². The molecule has 1 aromatic rings. The minimum absolute atomic E-state index is 0.274. The molecule has 0 aliphatic carbocycles. The van der Waals surface area contributed by atoms with Gasteiger partial charge in [-0.3, -0.25) is 4.79 Å². The summed E-state index contributed by atoms with van der Waals surface area (Å²) in [4.78, 5) is 11.3. The van der Waals surface area contributed by atoms with E-state index in [9.17, 15) is 4.79 Å². The van der Waals surface area contributed by atoms with Gasteiger partial charge in [0.25, 0.3) is 0 Å². The molecule has 0 aliphatic heterocycles. The molecular formula is C10H11NO2. The summed E-state index contributed by atoms with van der Waals surface area (Å²) >= 11 is 0. The highest BCUT2D eigenvalue weighted by atomic mass is 16.4. The molecule has 3 heteroatoms. The van der Waals surface area contributed by atoms with E-state index < -0.39 is 0 Å². The largest absolute Gasteiger partial charge is 0.411 e. The monoisotopic (exact) mass is 177 g/mol. The molecule has 0 bridgehead atoms. The van der Waals surface area contributed by atoms with E-state index in [1.54, 1.807) is 6.07 Å². The van der Waals surface area contributed by atoms with E-state index in [0.717, 1.165) is 17.3 Å². The molecule has 0 saturated heterocycles. The first kappa shape index (κ1) is 9.45. The third kappa shape index (κ3) is 2.15. The van der Waals surface area contributed by atoms with Gasteiger partial charge in [-0.15, -0.1) is 0 Å². The number of rotatable bonds is 2.